The molecule has 0 N–H and O–H groups in total. The van der Waals surface area contributed by atoms with Crippen LogP contribution in [0.2, 0.25) is 0 Å². The summed E-state index contributed by atoms with van der Waals surface area (Å²) in [6.07, 6.45) is 0.226. The Bertz CT molecular complexity index is 711. The lowest BCUT2D eigenvalue weighted by molar-refractivity contribution is 0.0997. The van der Waals surface area contributed by atoms with E-state index in [0.29, 0.717) is 10.0 Å². The third kappa shape index (κ3) is 2.78. The molecule has 0 spiro atoms. The van der Waals surface area contributed by atoms with Crippen molar-refractivity contribution in [1.82, 2.24) is 0 Å². The van der Waals surface area contributed by atoms with Gasteiger partial charge in [0.05, 0.1) is 4.88 Å². The van der Waals surface area contributed by atoms with Gasteiger partial charge in [-0.3, -0.25) is 4.79 Å². The standard InChI is InChI=1S/C14H8BrFOS2/c15-9-3-8(4-10(16)6-9)5-11(17)13-7-14-12(19-13)1-2-18-14/h1-4,6-7H,5H2. The van der Waals surface area contributed by atoms with Crippen LogP contribution in [0.4, 0.5) is 4.39 Å². The third-order valence-corrected chi connectivity index (χ3v) is 5.29. The zero-order chi connectivity index (χ0) is 13.4. The number of benzene rings is 1. The van der Waals surface area contributed by atoms with Crippen LogP contribution in [0.25, 0.3) is 9.40 Å². The van der Waals surface area contributed by atoms with Gasteiger partial charge < -0.3 is 0 Å². The fourth-order valence-corrected chi connectivity index (χ4v) is 4.45. The van der Waals surface area contributed by atoms with Gasteiger partial charge in [-0.1, -0.05) is 15.9 Å². The second-order valence-electron chi connectivity index (χ2n) is 4.14. The Labute approximate surface area is 125 Å². The maximum absolute atomic E-state index is 13.3. The molecule has 0 atom stereocenters. The normalized spacial score (nSPS) is 11.1. The Balaban J connectivity index is 1.86. The molecule has 0 saturated heterocycles. The number of carbonyl (C=O) groups is 1. The topological polar surface area (TPSA) is 17.1 Å². The maximum Gasteiger partial charge on any atom is 0.177 e. The third-order valence-electron chi connectivity index (χ3n) is 2.70. The van der Waals surface area contributed by atoms with E-state index in [4.69, 9.17) is 0 Å². The van der Waals surface area contributed by atoms with E-state index >= 15 is 0 Å². The molecule has 19 heavy (non-hydrogen) atoms. The predicted molar refractivity (Wildman–Crippen MR) is 81.8 cm³/mol. The number of fused-ring (bicyclic) bond motifs is 1. The molecule has 2 aromatic heterocycles. The summed E-state index contributed by atoms with van der Waals surface area (Å²) >= 11 is 6.36. The van der Waals surface area contributed by atoms with Crippen molar-refractivity contribution < 1.29 is 9.18 Å². The second-order valence-corrected chi connectivity index (χ2v) is 7.08. The lowest BCUT2D eigenvalue weighted by Crippen LogP contribution is -2.01. The first-order chi connectivity index (χ1) is 9.11. The quantitative estimate of drug-likeness (QED) is 0.584. The van der Waals surface area contributed by atoms with E-state index in [2.05, 4.69) is 15.9 Å². The van der Waals surface area contributed by atoms with E-state index in [1.54, 1.807) is 17.4 Å². The van der Waals surface area contributed by atoms with E-state index in [-0.39, 0.29) is 18.0 Å². The van der Waals surface area contributed by atoms with Crippen LogP contribution in [0.1, 0.15) is 15.2 Å². The van der Waals surface area contributed by atoms with Crippen LogP contribution in [-0.4, -0.2) is 5.78 Å². The summed E-state index contributed by atoms with van der Waals surface area (Å²) in [5.41, 5.74) is 0.689. The molecule has 0 aliphatic rings. The van der Waals surface area contributed by atoms with Gasteiger partial charge in [-0.05, 0) is 41.3 Å². The van der Waals surface area contributed by atoms with Crippen LogP contribution in [0.3, 0.4) is 0 Å². The average molecular weight is 355 g/mol. The van der Waals surface area contributed by atoms with Crippen LogP contribution in [0, 0.1) is 5.82 Å². The number of thiophene rings is 2. The van der Waals surface area contributed by atoms with Crippen LogP contribution >= 0.6 is 38.6 Å². The molecule has 96 valence electrons. The highest BCUT2D eigenvalue weighted by atomic mass is 79.9. The van der Waals surface area contributed by atoms with E-state index in [0.717, 1.165) is 14.3 Å². The first-order valence-corrected chi connectivity index (χ1v) is 8.06. The Kier molecular flexibility index (Phi) is 3.52. The summed E-state index contributed by atoms with van der Waals surface area (Å²) in [6, 6.07) is 8.49. The van der Waals surface area contributed by atoms with Gasteiger partial charge in [-0.2, -0.15) is 0 Å². The van der Waals surface area contributed by atoms with Gasteiger partial charge in [0.1, 0.15) is 5.82 Å². The summed E-state index contributed by atoms with van der Waals surface area (Å²) in [4.78, 5) is 12.9. The molecule has 1 aromatic carbocycles. The van der Waals surface area contributed by atoms with Crippen LogP contribution in [0.15, 0.2) is 40.2 Å². The maximum atomic E-state index is 13.3. The number of ketones is 1. The van der Waals surface area contributed by atoms with Gasteiger partial charge >= 0.3 is 0 Å². The van der Waals surface area contributed by atoms with Gasteiger partial charge in [0.2, 0.25) is 0 Å². The van der Waals surface area contributed by atoms with Crippen molar-refractivity contribution in [3.05, 3.63) is 56.4 Å². The molecule has 0 aliphatic carbocycles. The number of carbonyl (C=O) groups excluding carboxylic acids is 1. The van der Waals surface area contributed by atoms with Gasteiger partial charge in [0, 0.05) is 20.3 Å². The summed E-state index contributed by atoms with van der Waals surface area (Å²) in [5, 5.41) is 2.01. The Hall–Kier alpha value is -1.04. The highest BCUT2D eigenvalue weighted by Gasteiger charge is 2.12. The highest BCUT2D eigenvalue weighted by Crippen LogP contribution is 2.30. The molecule has 0 aliphatic heterocycles. The molecule has 1 nitrogen and oxygen atoms in total. The molecular weight excluding hydrogens is 347 g/mol. The fraction of sp³-hybridized carbons (Fsp3) is 0.0714. The van der Waals surface area contributed by atoms with Gasteiger partial charge in [-0.15, -0.1) is 22.7 Å². The van der Waals surface area contributed by atoms with Crippen LogP contribution < -0.4 is 0 Å². The van der Waals surface area contributed by atoms with Crippen molar-refractivity contribution in [2.45, 2.75) is 6.42 Å². The first-order valence-electron chi connectivity index (χ1n) is 5.57. The minimum Gasteiger partial charge on any atom is -0.293 e. The van der Waals surface area contributed by atoms with Crippen molar-refractivity contribution in [1.29, 1.82) is 0 Å². The molecule has 0 bridgehead atoms. The molecule has 0 radical (unpaired) electrons. The van der Waals surface area contributed by atoms with Crippen molar-refractivity contribution in [2.75, 3.05) is 0 Å². The zero-order valence-corrected chi connectivity index (χ0v) is 12.9. The number of hydrogen-bond acceptors (Lipinski definition) is 3. The van der Waals surface area contributed by atoms with E-state index in [1.807, 2.05) is 17.5 Å². The molecule has 5 heteroatoms. The molecule has 3 rings (SSSR count). The molecular formula is C14H8BrFOS2. The summed E-state index contributed by atoms with van der Waals surface area (Å²) < 4.78 is 16.2. The number of rotatable bonds is 3. The van der Waals surface area contributed by atoms with Gasteiger partial charge in [0.25, 0.3) is 0 Å². The number of halogens is 2. The molecule has 3 aromatic rings. The zero-order valence-electron chi connectivity index (χ0n) is 9.65. The molecule has 0 saturated carbocycles. The summed E-state index contributed by atoms with van der Waals surface area (Å²) in [6.45, 7) is 0. The Morgan fingerprint density at radius 1 is 1.21 bits per heavy atom. The van der Waals surface area contributed by atoms with E-state index < -0.39 is 0 Å². The lowest BCUT2D eigenvalue weighted by Gasteiger charge is -2.01. The fourth-order valence-electron chi connectivity index (χ4n) is 1.89. The monoisotopic (exact) mass is 354 g/mol. The van der Waals surface area contributed by atoms with Crippen LogP contribution in [0.5, 0.6) is 0 Å². The van der Waals surface area contributed by atoms with Crippen molar-refractivity contribution in [2.24, 2.45) is 0 Å². The van der Waals surface area contributed by atoms with Gasteiger partial charge in [-0.25, -0.2) is 4.39 Å². The van der Waals surface area contributed by atoms with Crippen molar-refractivity contribution >= 4 is 53.8 Å². The molecule has 0 amide bonds. The lowest BCUT2D eigenvalue weighted by atomic mass is 10.1. The first kappa shape index (κ1) is 13.0. The molecule has 0 fully saturated rings. The van der Waals surface area contributed by atoms with E-state index in [9.17, 15) is 9.18 Å². The Morgan fingerprint density at radius 2 is 2.05 bits per heavy atom. The minimum atomic E-state index is -0.329. The Morgan fingerprint density at radius 3 is 2.79 bits per heavy atom. The van der Waals surface area contributed by atoms with Gasteiger partial charge in [0.15, 0.2) is 5.78 Å². The largest absolute Gasteiger partial charge is 0.293 e. The predicted octanol–water partition coefficient (Wildman–Crippen LogP) is 5.29. The second kappa shape index (κ2) is 5.15. The SMILES string of the molecule is O=C(Cc1cc(F)cc(Br)c1)c1cc2sccc2s1. The summed E-state index contributed by atoms with van der Waals surface area (Å²) in [7, 11) is 0. The molecule has 0 unspecified atom stereocenters. The van der Waals surface area contributed by atoms with E-state index in [1.165, 1.54) is 23.5 Å². The number of hydrogen-bond donors (Lipinski definition) is 0. The highest BCUT2D eigenvalue weighted by molar-refractivity contribution is 9.10. The molecule has 2 heterocycles. The van der Waals surface area contributed by atoms with Crippen LogP contribution in [-0.2, 0) is 6.42 Å². The van der Waals surface area contributed by atoms with Crippen molar-refractivity contribution in [3.63, 3.8) is 0 Å². The smallest absolute Gasteiger partial charge is 0.177 e. The minimum absolute atomic E-state index is 0.0332. The average Bonchev–Trinajstić information content (AvgIpc) is 2.86. The van der Waals surface area contributed by atoms with Crippen molar-refractivity contribution in [3.8, 4) is 0 Å². The number of Topliss-reactive ketones (excluding diaryl/α,β-unsaturated/α-hetero) is 1. The summed E-state index contributed by atoms with van der Waals surface area (Å²) in [5.74, 6) is -0.296.